The Morgan fingerprint density at radius 3 is 2.75 bits per heavy atom. The lowest BCUT2D eigenvalue weighted by molar-refractivity contribution is 0.196. The normalized spacial score (nSPS) is 15.6. The molecule has 1 aromatic heterocycles. The van der Waals surface area contributed by atoms with Crippen LogP contribution in [0, 0.1) is 0 Å². The molecule has 0 aromatic carbocycles. The summed E-state index contributed by atoms with van der Waals surface area (Å²) in [5, 5.41) is 10.3. The van der Waals surface area contributed by atoms with Crippen LogP contribution in [-0.4, -0.2) is 26.4 Å². The van der Waals surface area contributed by atoms with Gasteiger partial charge < -0.3 is 5.11 Å². The molecule has 0 bridgehead atoms. The molecule has 3 nitrogen and oxygen atoms in total. The molecule has 0 radical (unpaired) electrons. The molecule has 1 N–H and O–H groups in total. The number of aliphatic hydroxyl groups excluding tert-OH is 1. The second-order valence-corrected chi connectivity index (χ2v) is 4.01. The molecular weight excluding hydrogens is 172 g/mol. The molecule has 1 heterocycles. The summed E-state index contributed by atoms with van der Waals surface area (Å²) >= 11 is 1.55. The van der Waals surface area contributed by atoms with Crippen molar-refractivity contribution >= 4 is 11.8 Å². The van der Waals surface area contributed by atoms with Crippen LogP contribution in [0.4, 0.5) is 0 Å². The Morgan fingerprint density at radius 2 is 2.25 bits per heavy atom. The second kappa shape index (κ2) is 4.42. The lowest BCUT2D eigenvalue weighted by atomic mass is 10.3. The highest BCUT2D eigenvalue weighted by Crippen LogP contribution is 2.21. The van der Waals surface area contributed by atoms with Gasteiger partial charge in [0.15, 0.2) is 0 Å². The fourth-order valence-electron chi connectivity index (χ4n) is 0.637. The Bertz CT molecular complexity index is 228. The molecule has 0 aliphatic carbocycles. The van der Waals surface area contributed by atoms with Crippen LogP contribution in [0.1, 0.15) is 13.8 Å². The molecule has 2 unspecified atom stereocenters. The molecule has 4 heteroatoms. The van der Waals surface area contributed by atoms with Gasteiger partial charge in [0.2, 0.25) is 0 Å². The first-order valence-corrected chi connectivity index (χ1v) is 4.69. The van der Waals surface area contributed by atoms with E-state index in [2.05, 4.69) is 9.97 Å². The maximum atomic E-state index is 9.22. The first-order valence-electron chi connectivity index (χ1n) is 3.81. The zero-order valence-electron chi connectivity index (χ0n) is 7.14. The third-order valence-corrected chi connectivity index (χ3v) is 2.79. The Labute approximate surface area is 76.2 Å². The van der Waals surface area contributed by atoms with Crippen LogP contribution >= 0.6 is 11.8 Å². The molecule has 66 valence electrons. The van der Waals surface area contributed by atoms with Crippen LogP contribution in [0.5, 0.6) is 0 Å². The molecule has 0 saturated carbocycles. The molecule has 0 aliphatic rings. The SMILES string of the molecule is CC(O)C(C)Sc1ccncn1. The predicted octanol–water partition coefficient (Wildman–Crippen LogP) is 1.34. The molecule has 2 atom stereocenters. The maximum absolute atomic E-state index is 9.22. The summed E-state index contributed by atoms with van der Waals surface area (Å²) in [6.45, 7) is 3.75. The van der Waals surface area contributed by atoms with E-state index in [4.69, 9.17) is 0 Å². The summed E-state index contributed by atoms with van der Waals surface area (Å²) < 4.78 is 0. The van der Waals surface area contributed by atoms with Gasteiger partial charge >= 0.3 is 0 Å². The lowest BCUT2D eigenvalue weighted by Gasteiger charge is -2.12. The maximum Gasteiger partial charge on any atom is 0.116 e. The Hall–Kier alpha value is -0.610. The van der Waals surface area contributed by atoms with Crippen molar-refractivity contribution in [3.63, 3.8) is 0 Å². The summed E-state index contributed by atoms with van der Waals surface area (Å²) in [4.78, 5) is 7.85. The number of hydrogen-bond acceptors (Lipinski definition) is 4. The second-order valence-electron chi connectivity index (χ2n) is 2.61. The van der Waals surface area contributed by atoms with E-state index in [-0.39, 0.29) is 11.4 Å². The van der Waals surface area contributed by atoms with Gasteiger partial charge in [0.05, 0.1) is 11.1 Å². The topological polar surface area (TPSA) is 46.0 Å². The average molecular weight is 184 g/mol. The predicted molar refractivity (Wildman–Crippen MR) is 49.0 cm³/mol. The number of aromatic nitrogens is 2. The van der Waals surface area contributed by atoms with Crippen molar-refractivity contribution in [2.75, 3.05) is 0 Å². The number of thioether (sulfide) groups is 1. The highest BCUT2D eigenvalue weighted by molar-refractivity contribution is 7.99. The van der Waals surface area contributed by atoms with Crippen molar-refractivity contribution in [1.29, 1.82) is 0 Å². The molecule has 0 fully saturated rings. The largest absolute Gasteiger partial charge is 0.392 e. The average Bonchev–Trinajstić information content (AvgIpc) is 2.06. The zero-order valence-corrected chi connectivity index (χ0v) is 7.95. The van der Waals surface area contributed by atoms with Crippen LogP contribution in [0.15, 0.2) is 23.6 Å². The summed E-state index contributed by atoms with van der Waals surface area (Å²) in [6.07, 6.45) is 2.89. The highest BCUT2D eigenvalue weighted by atomic mass is 32.2. The number of rotatable bonds is 3. The quantitative estimate of drug-likeness (QED) is 0.569. The van der Waals surface area contributed by atoms with Crippen LogP contribution in [0.3, 0.4) is 0 Å². The van der Waals surface area contributed by atoms with E-state index in [0.29, 0.717) is 0 Å². The monoisotopic (exact) mass is 184 g/mol. The van der Waals surface area contributed by atoms with Gasteiger partial charge in [0, 0.05) is 11.4 Å². The summed E-state index contributed by atoms with van der Waals surface area (Å²) in [7, 11) is 0. The van der Waals surface area contributed by atoms with Gasteiger partial charge in [0.1, 0.15) is 6.33 Å². The molecule has 1 aromatic rings. The van der Waals surface area contributed by atoms with Gasteiger partial charge in [-0.2, -0.15) is 0 Å². The van der Waals surface area contributed by atoms with E-state index < -0.39 is 0 Å². The minimum Gasteiger partial charge on any atom is -0.392 e. The molecule has 0 saturated heterocycles. The zero-order chi connectivity index (χ0) is 8.97. The van der Waals surface area contributed by atoms with Gasteiger partial charge in [-0.15, -0.1) is 11.8 Å². The van der Waals surface area contributed by atoms with Crippen LogP contribution in [-0.2, 0) is 0 Å². The van der Waals surface area contributed by atoms with E-state index >= 15 is 0 Å². The first kappa shape index (κ1) is 9.48. The van der Waals surface area contributed by atoms with Crippen molar-refractivity contribution in [3.8, 4) is 0 Å². The van der Waals surface area contributed by atoms with Crippen molar-refractivity contribution in [2.24, 2.45) is 0 Å². The molecular formula is C8H12N2OS. The summed E-state index contributed by atoms with van der Waals surface area (Å²) in [6, 6.07) is 1.84. The lowest BCUT2D eigenvalue weighted by Crippen LogP contribution is -2.15. The van der Waals surface area contributed by atoms with Gasteiger partial charge in [-0.3, -0.25) is 0 Å². The molecule has 12 heavy (non-hydrogen) atoms. The molecule has 0 aliphatic heterocycles. The number of nitrogens with zero attached hydrogens (tertiary/aromatic N) is 2. The van der Waals surface area contributed by atoms with E-state index in [1.54, 1.807) is 24.9 Å². The minimum absolute atomic E-state index is 0.167. The number of hydrogen-bond donors (Lipinski definition) is 1. The van der Waals surface area contributed by atoms with Crippen LogP contribution < -0.4 is 0 Å². The first-order chi connectivity index (χ1) is 5.70. The van der Waals surface area contributed by atoms with Crippen molar-refractivity contribution in [1.82, 2.24) is 9.97 Å². The van der Waals surface area contributed by atoms with Gasteiger partial charge in [-0.05, 0) is 13.0 Å². The van der Waals surface area contributed by atoms with E-state index in [1.807, 2.05) is 13.0 Å². The van der Waals surface area contributed by atoms with Crippen molar-refractivity contribution in [3.05, 3.63) is 18.6 Å². The minimum atomic E-state index is -0.315. The standard InChI is InChI=1S/C8H12N2OS/c1-6(11)7(2)12-8-3-4-9-5-10-8/h3-7,11H,1-2H3. The smallest absolute Gasteiger partial charge is 0.116 e. The Balaban J connectivity index is 2.53. The van der Waals surface area contributed by atoms with E-state index in [0.717, 1.165) is 5.03 Å². The molecule has 0 amide bonds. The van der Waals surface area contributed by atoms with Crippen molar-refractivity contribution in [2.45, 2.75) is 30.2 Å². The van der Waals surface area contributed by atoms with E-state index in [9.17, 15) is 5.11 Å². The van der Waals surface area contributed by atoms with E-state index in [1.165, 1.54) is 6.33 Å². The number of aliphatic hydroxyl groups is 1. The van der Waals surface area contributed by atoms with Gasteiger partial charge in [0.25, 0.3) is 0 Å². The molecule has 1 rings (SSSR count). The Morgan fingerprint density at radius 1 is 1.50 bits per heavy atom. The fraction of sp³-hybridized carbons (Fsp3) is 0.500. The highest BCUT2D eigenvalue weighted by Gasteiger charge is 2.10. The third-order valence-electron chi connectivity index (χ3n) is 1.54. The van der Waals surface area contributed by atoms with Gasteiger partial charge in [-0.25, -0.2) is 9.97 Å². The fourth-order valence-corrected chi connectivity index (χ4v) is 1.46. The summed E-state index contributed by atoms with van der Waals surface area (Å²) in [5.41, 5.74) is 0. The van der Waals surface area contributed by atoms with Gasteiger partial charge in [-0.1, -0.05) is 6.92 Å². The third kappa shape index (κ3) is 2.79. The Kier molecular flexibility index (Phi) is 3.49. The van der Waals surface area contributed by atoms with Crippen molar-refractivity contribution < 1.29 is 5.11 Å². The summed E-state index contributed by atoms with van der Waals surface area (Å²) in [5.74, 6) is 0. The molecule has 0 spiro atoms. The van der Waals surface area contributed by atoms with Crippen LogP contribution in [0.25, 0.3) is 0 Å². The van der Waals surface area contributed by atoms with Crippen LogP contribution in [0.2, 0.25) is 0 Å².